The van der Waals surface area contributed by atoms with Crippen LogP contribution in [0.3, 0.4) is 0 Å². The third-order valence-corrected chi connectivity index (χ3v) is 4.89. The summed E-state index contributed by atoms with van der Waals surface area (Å²) in [5.41, 5.74) is 2.12. The van der Waals surface area contributed by atoms with Crippen LogP contribution in [0.25, 0.3) is 0 Å². The van der Waals surface area contributed by atoms with Gasteiger partial charge in [0.05, 0.1) is 11.2 Å². The minimum atomic E-state index is -0.699. The lowest BCUT2D eigenvalue weighted by Gasteiger charge is -2.32. The third-order valence-electron chi connectivity index (χ3n) is 4.25. The van der Waals surface area contributed by atoms with Crippen LogP contribution in [0.2, 0.25) is 0 Å². The van der Waals surface area contributed by atoms with Crippen molar-refractivity contribution in [2.24, 2.45) is 5.92 Å². The molecule has 0 bridgehead atoms. The summed E-state index contributed by atoms with van der Waals surface area (Å²) < 4.78 is 0. The van der Waals surface area contributed by atoms with Crippen LogP contribution in [0, 0.1) is 5.92 Å². The number of thiazole rings is 1. The Morgan fingerprint density at radius 3 is 2.95 bits per heavy atom. The number of nitrogens with one attached hydrogen (secondary N) is 1. The molecule has 2 aliphatic rings. The summed E-state index contributed by atoms with van der Waals surface area (Å²) in [6, 6.07) is 0. The van der Waals surface area contributed by atoms with Crippen LogP contribution in [0.1, 0.15) is 31.9 Å². The van der Waals surface area contributed by atoms with Crippen molar-refractivity contribution in [1.82, 2.24) is 15.2 Å². The maximum absolute atomic E-state index is 12.7. The van der Waals surface area contributed by atoms with Gasteiger partial charge in [-0.3, -0.25) is 9.59 Å². The number of hydrogen-bond acceptors (Lipinski definition) is 4. The van der Waals surface area contributed by atoms with Gasteiger partial charge in [0.15, 0.2) is 0 Å². The maximum atomic E-state index is 12.7. The molecule has 1 aromatic heterocycles. The second-order valence-corrected chi connectivity index (χ2v) is 6.52. The molecule has 2 amide bonds. The van der Waals surface area contributed by atoms with Gasteiger partial charge in [0.1, 0.15) is 5.54 Å². The zero-order chi connectivity index (χ0) is 14.2. The van der Waals surface area contributed by atoms with Gasteiger partial charge in [-0.2, -0.15) is 0 Å². The van der Waals surface area contributed by atoms with E-state index in [0.29, 0.717) is 25.4 Å². The first-order valence-electron chi connectivity index (χ1n) is 7.07. The molecule has 1 aliphatic carbocycles. The smallest absolute Gasteiger partial charge is 0.248 e. The maximum Gasteiger partial charge on any atom is 0.248 e. The standard InChI is InChI=1S/C14H19N3O2S/c1-14(10-2-3-10)13(19)17(7-5-12(18)16-14)6-4-11-8-20-9-15-11/h8-10H,2-7H2,1H3,(H,16,18). The van der Waals surface area contributed by atoms with Crippen molar-refractivity contribution in [1.29, 1.82) is 0 Å². The molecule has 108 valence electrons. The number of aromatic nitrogens is 1. The predicted molar refractivity (Wildman–Crippen MR) is 76.3 cm³/mol. The predicted octanol–water partition coefficient (Wildman–Crippen LogP) is 1.20. The quantitative estimate of drug-likeness (QED) is 0.907. The van der Waals surface area contributed by atoms with Crippen LogP contribution in [0.15, 0.2) is 10.9 Å². The lowest BCUT2D eigenvalue weighted by atomic mass is 9.94. The van der Waals surface area contributed by atoms with E-state index in [1.165, 1.54) is 0 Å². The van der Waals surface area contributed by atoms with Gasteiger partial charge in [-0.1, -0.05) is 0 Å². The van der Waals surface area contributed by atoms with Crippen molar-refractivity contribution < 1.29 is 9.59 Å². The van der Waals surface area contributed by atoms with Crippen molar-refractivity contribution in [3.63, 3.8) is 0 Å². The monoisotopic (exact) mass is 293 g/mol. The second-order valence-electron chi connectivity index (χ2n) is 5.80. The first kappa shape index (κ1) is 13.5. The minimum absolute atomic E-state index is 0.0103. The van der Waals surface area contributed by atoms with Crippen molar-refractivity contribution in [3.8, 4) is 0 Å². The van der Waals surface area contributed by atoms with Gasteiger partial charge < -0.3 is 10.2 Å². The fourth-order valence-corrected chi connectivity index (χ4v) is 3.43. The van der Waals surface area contributed by atoms with E-state index in [9.17, 15) is 9.59 Å². The summed E-state index contributed by atoms with van der Waals surface area (Å²) in [5, 5.41) is 4.95. The summed E-state index contributed by atoms with van der Waals surface area (Å²) in [6.45, 7) is 3.03. The Balaban J connectivity index is 1.72. The second kappa shape index (κ2) is 5.16. The van der Waals surface area contributed by atoms with Gasteiger partial charge >= 0.3 is 0 Å². The molecule has 1 saturated carbocycles. The number of rotatable bonds is 4. The number of nitrogens with zero attached hydrogens (tertiary/aromatic N) is 2. The molecule has 0 spiro atoms. The molecule has 1 aromatic rings. The van der Waals surface area contributed by atoms with Crippen molar-refractivity contribution >= 4 is 23.2 Å². The molecule has 6 heteroatoms. The zero-order valence-corrected chi connectivity index (χ0v) is 12.4. The molecule has 0 radical (unpaired) electrons. The van der Waals surface area contributed by atoms with E-state index in [-0.39, 0.29) is 11.8 Å². The van der Waals surface area contributed by atoms with Gasteiger partial charge in [0, 0.05) is 31.3 Å². The van der Waals surface area contributed by atoms with E-state index >= 15 is 0 Å². The molecule has 5 nitrogen and oxygen atoms in total. The molecule has 1 unspecified atom stereocenters. The largest absolute Gasteiger partial charge is 0.342 e. The van der Waals surface area contributed by atoms with Crippen molar-refractivity contribution in [2.45, 2.75) is 38.1 Å². The van der Waals surface area contributed by atoms with Crippen LogP contribution in [0.5, 0.6) is 0 Å². The van der Waals surface area contributed by atoms with Crippen molar-refractivity contribution in [2.75, 3.05) is 13.1 Å². The van der Waals surface area contributed by atoms with Crippen LogP contribution in [-0.4, -0.2) is 40.3 Å². The lowest BCUT2D eigenvalue weighted by Crippen LogP contribution is -2.56. The van der Waals surface area contributed by atoms with E-state index in [1.807, 2.05) is 17.2 Å². The first-order valence-corrected chi connectivity index (χ1v) is 8.01. The highest BCUT2D eigenvalue weighted by Gasteiger charge is 2.50. The molecule has 1 N–H and O–H groups in total. The summed E-state index contributed by atoms with van der Waals surface area (Å²) in [5.74, 6) is 0.365. The number of carbonyl (C=O) groups is 2. The SMILES string of the molecule is CC1(C2CC2)NC(=O)CCN(CCc2cscn2)C1=O. The Kier molecular flexibility index (Phi) is 3.50. The fourth-order valence-electron chi connectivity index (χ4n) is 2.83. The molecular formula is C14H19N3O2S. The summed E-state index contributed by atoms with van der Waals surface area (Å²) in [4.78, 5) is 30.7. The highest BCUT2D eigenvalue weighted by Crippen LogP contribution is 2.41. The van der Waals surface area contributed by atoms with E-state index < -0.39 is 5.54 Å². The summed E-state index contributed by atoms with van der Waals surface area (Å²) >= 11 is 1.57. The Morgan fingerprint density at radius 2 is 2.30 bits per heavy atom. The van der Waals surface area contributed by atoms with Crippen LogP contribution < -0.4 is 5.32 Å². The van der Waals surface area contributed by atoms with Gasteiger partial charge in [-0.25, -0.2) is 4.98 Å². The molecular weight excluding hydrogens is 274 g/mol. The third kappa shape index (κ3) is 2.57. The summed E-state index contributed by atoms with van der Waals surface area (Å²) in [6.07, 6.45) is 3.21. The van der Waals surface area contributed by atoms with E-state index in [2.05, 4.69) is 10.3 Å². The molecule has 20 heavy (non-hydrogen) atoms. The normalized spacial score (nSPS) is 27.4. The Hall–Kier alpha value is -1.43. The highest BCUT2D eigenvalue weighted by atomic mass is 32.1. The first-order chi connectivity index (χ1) is 9.59. The number of hydrogen-bond donors (Lipinski definition) is 1. The van der Waals surface area contributed by atoms with E-state index in [0.717, 1.165) is 25.0 Å². The minimum Gasteiger partial charge on any atom is -0.342 e. The average Bonchev–Trinajstić information content (AvgIpc) is 3.17. The fraction of sp³-hybridized carbons (Fsp3) is 0.643. The highest BCUT2D eigenvalue weighted by molar-refractivity contribution is 7.07. The number of carbonyl (C=O) groups excluding carboxylic acids is 2. The Labute approximate surface area is 122 Å². The van der Waals surface area contributed by atoms with Gasteiger partial charge in [0.2, 0.25) is 11.8 Å². The molecule has 2 fully saturated rings. The lowest BCUT2D eigenvalue weighted by molar-refractivity contribution is -0.139. The average molecular weight is 293 g/mol. The number of amides is 2. The molecule has 2 heterocycles. The van der Waals surface area contributed by atoms with Crippen LogP contribution in [-0.2, 0) is 16.0 Å². The Morgan fingerprint density at radius 1 is 1.50 bits per heavy atom. The molecule has 3 rings (SSSR count). The van der Waals surface area contributed by atoms with Gasteiger partial charge in [-0.05, 0) is 25.7 Å². The van der Waals surface area contributed by atoms with Gasteiger partial charge in [-0.15, -0.1) is 11.3 Å². The summed E-state index contributed by atoms with van der Waals surface area (Å²) in [7, 11) is 0. The molecule has 1 saturated heterocycles. The molecule has 0 aromatic carbocycles. The van der Waals surface area contributed by atoms with Crippen molar-refractivity contribution in [3.05, 3.63) is 16.6 Å². The van der Waals surface area contributed by atoms with Gasteiger partial charge in [0.25, 0.3) is 0 Å². The van der Waals surface area contributed by atoms with Crippen LogP contribution in [0.4, 0.5) is 0 Å². The zero-order valence-electron chi connectivity index (χ0n) is 11.6. The topological polar surface area (TPSA) is 62.3 Å². The Bertz CT molecular complexity index is 512. The van der Waals surface area contributed by atoms with E-state index in [4.69, 9.17) is 0 Å². The van der Waals surface area contributed by atoms with Crippen LogP contribution >= 0.6 is 11.3 Å². The van der Waals surface area contributed by atoms with E-state index in [1.54, 1.807) is 16.8 Å². The molecule has 1 aliphatic heterocycles. The molecule has 1 atom stereocenters.